The number of nitrogens with zero attached hydrogens (tertiary/aromatic N) is 3. The fourth-order valence-electron chi connectivity index (χ4n) is 2.55. The highest BCUT2D eigenvalue weighted by Crippen LogP contribution is 2.30. The number of hydrogen-bond donors (Lipinski definition) is 2. The topological polar surface area (TPSA) is 89.7 Å². The van der Waals surface area contributed by atoms with E-state index in [0.29, 0.717) is 18.2 Å². The molecule has 0 amide bonds. The van der Waals surface area contributed by atoms with Crippen LogP contribution in [0.3, 0.4) is 0 Å². The molecule has 0 bridgehead atoms. The number of nitrogen functional groups attached to an aromatic ring is 1. The van der Waals surface area contributed by atoms with Gasteiger partial charge in [0.1, 0.15) is 18.2 Å². The van der Waals surface area contributed by atoms with Crippen LogP contribution in [0.4, 0.5) is 5.82 Å². The van der Waals surface area contributed by atoms with Crippen molar-refractivity contribution in [1.29, 1.82) is 0 Å². The van der Waals surface area contributed by atoms with Crippen LogP contribution < -0.4 is 10.5 Å². The van der Waals surface area contributed by atoms with Gasteiger partial charge in [-0.25, -0.2) is 4.98 Å². The molecule has 0 saturated carbocycles. The zero-order valence-corrected chi connectivity index (χ0v) is 12.8. The minimum absolute atomic E-state index is 0.377. The Kier molecular flexibility index (Phi) is 3.55. The van der Waals surface area contributed by atoms with Crippen molar-refractivity contribution in [3.8, 4) is 17.0 Å². The quantitative estimate of drug-likeness (QED) is 0.603. The average molecular weight is 317 g/mol. The smallest absolute Gasteiger partial charge is 0.132 e. The second-order valence-electron chi connectivity index (χ2n) is 5.36. The Balaban J connectivity index is 1.70. The van der Waals surface area contributed by atoms with Crippen LogP contribution in [0.1, 0.15) is 5.69 Å². The number of hydrogen-bond acceptors (Lipinski definition) is 5. The number of nitrogens with one attached hydrogen (secondary N) is 1. The van der Waals surface area contributed by atoms with Crippen LogP contribution in [-0.4, -0.2) is 20.2 Å². The zero-order valence-electron chi connectivity index (χ0n) is 12.8. The lowest BCUT2D eigenvalue weighted by Gasteiger charge is -2.10. The van der Waals surface area contributed by atoms with Crippen LogP contribution in [0.5, 0.6) is 5.75 Å². The molecule has 0 atom stereocenters. The first-order valence-corrected chi connectivity index (χ1v) is 7.52. The SMILES string of the molecule is Nc1cc(OCc2ccccn2)c2ccc(-c3ccn[nH]3)cc2n1. The summed E-state index contributed by atoms with van der Waals surface area (Å²) in [6.45, 7) is 0.377. The van der Waals surface area contributed by atoms with E-state index in [4.69, 9.17) is 10.5 Å². The predicted molar refractivity (Wildman–Crippen MR) is 92.3 cm³/mol. The monoisotopic (exact) mass is 317 g/mol. The van der Waals surface area contributed by atoms with Gasteiger partial charge in [0.05, 0.1) is 16.9 Å². The molecular weight excluding hydrogens is 302 g/mol. The Morgan fingerprint density at radius 2 is 2.00 bits per heavy atom. The molecule has 3 aromatic heterocycles. The summed E-state index contributed by atoms with van der Waals surface area (Å²) in [6.07, 6.45) is 3.46. The molecule has 0 aliphatic carbocycles. The minimum Gasteiger partial charge on any atom is -0.486 e. The number of H-pyrrole nitrogens is 1. The summed E-state index contributed by atoms with van der Waals surface area (Å²) in [4.78, 5) is 8.67. The number of aromatic amines is 1. The van der Waals surface area contributed by atoms with Gasteiger partial charge in [-0.3, -0.25) is 10.1 Å². The molecule has 6 nitrogen and oxygen atoms in total. The van der Waals surface area contributed by atoms with E-state index in [1.807, 2.05) is 42.5 Å². The number of rotatable bonds is 4. The van der Waals surface area contributed by atoms with E-state index >= 15 is 0 Å². The van der Waals surface area contributed by atoms with E-state index in [0.717, 1.165) is 27.9 Å². The Labute approximate surface area is 138 Å². The van der Waals surface area contributed by atoms with Gasteiger partial charge in [-0.1, -0.05) is 12.1 Å². The van der Waals surface area contributed by atoms with Crippen LogP contribution in [0.15, 0.2) is 60.9 Å². The fraction of sp³-hybridized carbons (Fsp3) is 0.0556. The van der Waals surface area contributed by atoms with Gasteiger partial charge in [-0.05, 0) is 30.3 Å². The fourth-order valence-corrected chi connectivity index (χ4v) is 2.55. The van der Waals surface area contributed by atoms with Gasteiger partial charge in [-0.2, -0.15) is 5.10 Å². The molecule has 3 heterocycles. The second-order valence-corrected chi connectivity index (χ2v) is 5.36. The van der Waals surface area contributed by atoms with Gasteiger partial charge >= 0.3 is 0 Å². The standard InChI is InChI=1S/C18H15N5O/c19-18-10-17(24-11-13-3-1-2-7-20-13)14-5-4-12(9-16(14)22-18)15-6-8-21-23-15/h1-10H,11H2,(H2,19,22)(H,21,23). The lowest BCUT2D eigenvalue weighted by Crippen LogP contribution is -2.00. The van der Waals surface area contributed by atoms with Crippen LogP contribution in [0.25, 0.3) is 22.2 Å². The minimum atomic E-state index is 0.377. The van der Waals surface area contributed by atoms with E-state index in [-0.39, 0.29) is 0 Å². The molecule has 0 radical (unpaired) electrons. The molecule has 3 N–H and O–H groups in total. The highest BCUT2D eigenvalue weighted by Gasteiger charge is 2.09. The molecule has 1 aromatic carbocycles. The normalized spacial score (nSPS) is 10.8. The maximum absolute atomic E-state index is 5.94. The summed E-state index contributed by atoms with van der Waals surface area (Å²) < 4.78 is 5.91. The predicted octanol–water partition coefficient (Wildman–Crippen LogP) is 3.18. The Bertz CT molecular complexity index is 968. The van der Waals surface area contributed by atoms with Crippen molar-refractivity contribution in [3.05, 3.63) is 66.6 Å². The first-order chi connectivity index (χ1) is 11.8. The molecule has 6 heteroatoms. The van der Waals surface area contributed by atoms with Crippen molar-refractivity contribution in [3.63, 3.8) is 0 Å². The molecule has 0 aliphatic rings. The van der Waals surface area contributed by atoms with E-state index in [9.17, 15) is 0 Å². The van der Waals surface area contributed by atoms with Crippen LogP contribution in [0.2, 0.25) is 0 Å². The van der Waals surface area contributed by atoms with Gasteiger partial charge in [0.2, 0.25) is 0 Å². The summed E-state index contributed by atoms with van der Waals surface area (Å²) in [6, 6.07) is 15.3. The van der Waals surface area contributed by atoms with Gasteiger partial charge in [-0.15, -0.1) is 0 Å². The lowest BCUT2D eigenvalue weighted by atomic mass is 10.1. The van der Waals surface area contributed by atoms with Gasteiger partial charge in [0, 0.05) is 29.4 Å². The summed E-state index contributed by atoms with van der Waals surface area (Å²) in [5.41, 5.74) is 9.49. The molecular formula is C18H15N5O. The molecule has 24 heavy (non-hydrogen) atoms. The number of ether oxygens (including phenoxy) is 1. The van der Waals surface area contributed by atoms with E-state index < -0.39 is 0 Å². The summed E-state index contributed by atoms with van der Waals surface area (Å²) in [5.74, 6) is 1.11. The first kappa shape index (κ1) is 14.2. The molecule has 0 saturated heterocycles. The number of fused-ring (bicyclic) bond motifs is 1. The third-order valence-corrected chi connectivity index (χ3v) is 3.71. The number of aromatic nitrogens is 4. The number of benzene rings is 1. The van der Waals surface area contributed by atoms with Gasteiger partial charge in [0.25, 0.3) is 0 Å². The van der Waals surface area contributed by atoms with Gasteiger partial charge in [0.15, 0.2) is 0 Å². The van der Waals surface area contributed by atoms with Crippen LogP contribution >= 0.6 is 0 Å². The third-order valence-electron chi connectivity index (χ3n) is 3.71. The molecule has 0 unspecified atom stereocenters. The van der Waals surface area contributed by atoms with Crippen molar-refractivity contribution in [2.24, 2.45) is 0 Å². The first-order valence-electron chi connectivity index (χ1n) is 7.52. The van der Waals surface area contributed by atoms with E-state index in [1.54, 1.807) is 18.5 Å². The van der Waals surface area contributed by atoms with Gasteiger partial charge < -0.3 is 10.5 Å². The summed E-state index contributed by atoms with van der Waals surface area (Å²) in [5, 5.41) is 7.83. The molecule has 0 spiro atoms. The molecule has 4 aromatic rings. The van der Waals surface area contributed by atoms with Crippen LogP contribution in [0, 0.1) is 0 Å². The highest BCUT2D eigenvalue weighted by atomic mass is 16.5. The Hall–Kier alpha value is -3.41. The van der Waals surface area contributed by atoms with Crippen molar-refractivity contribution < 1.29 is 4.74 Å². The Morgan fingerprint density at radius 1 is 1.04 bits per heavy atom. The summed E-state index contributed by atoms with van der Waals surface area (Å²) >= 11 is 0. The molecule has 118 valence electrons. The second kappa shape index (κ2) is 6.00. The maximum atomic E-state index is 5.94. The van der Waals surface area contributed by atoms with Crippen molar-refractivity contribution in [2.45, 2.75) is 6.61 Å². The average Bonchev–Trinajstić information content (AvgIpc) is 3.14. The number of nitrogens with two attached hydrogens (primary N) is 1. The van der Waals surface area contributed by atoms with Crippen molar-refractivity contribution in [1.82, 2.24) is 20.2 Å². The maximum Gasteiger partial charge on any atom is 0.132 e. The van der Waals surface area contributed by atoms with Crippen molar-refractivity contribution >= 4 is 16.7 Å². The zero-order chi connectivity index (χ0) is 16.4. The number of pyridine rings is 2. The van der Waals surface area contributed by atoms with E-state index in [2.05, 4.69) is 20.2 Å². The molecule has 0 aliphatic heterocycles. The third kappa shape index (κ3) is 2.77. The van der Waals surface area contributed by atoms with E-state index in [1.165, 1.54) is 0 Å². The van der Waals surface area contributed by atoms with Crippen molar-refractivity contribution in [2.75, 3.05) is 5.73 Å². The Morgan fingerprint density at radius 3 is 2.79 bits per heavy atom. The van der Waals surface area contributed by atoms with Crippen LogP contribution in [-0.2, 0) is 6.61 Å². The summed E-state index contributed by atoms with van der Waals surface area (Å²) in [7, 11) is 0. The highest BCUT2D eigenvalue weighted by molar-refractivity contribution is 5.89. The lowest BCUT2D eigenvalue weighted by molar-refractivity contribution is 0.305. The molecule has 4 rings (SSSR count). The molecule has 0 fully saturated rings. The largest absolute Gasteiger partial charge is 0.486 e. The number of anilines is 1.